The Morgan fingerprint density at radius 1 is 1.00 bits per heavy atom. The van der Waals surface area contributed by atoms with Gasteiger partial charge >= 0.3 is 29.6 Å². The second-order valence-corrected chi connectivity index (χ2v) is 2.60. The van der Waals surface area contributed by atoms with Crippen LogP contribution in [-0.4, -0.2) is 29.6 Å². The molecule has 0 heterocycles. The van der Waals surface area contributed by atoms with Crippen molar-refractivity contribution in [3.05, 3.63) is 47.4 Å². The van der Waals surface area contributed by atoms with Crippen LogP contribution in [0.25, 0.3) is 6.08 Å². The van der Waals surface area contributed by atoms with Gasteiger partial charge in [-0.05, 0) is 11.1 Å². The first-order valence-corrected chi connectivity index (χ1v) is 3.49. The molecule has 1 heteroatoms. The molecular formula is C10H10Na. The Bertz CT molecular complexity index is 276. The molecule has 0 nitrogen and oxygen atoms in total. The van der Waals surface area contributed by atoms with Crippen molar-refractivity contribution >= 4 is 35.6 Å². The van der Waals surface area contributed by atoms with Crippen molar-refractivity contribution in [1.82, 2.24) is 0 Å². The molecule has 51 valence electrons. The fourth-order valence-electron chi connectivity index (χ4n) is 1.31. The van der Waals surface area contributed by atoms with Crippen LogP contribution in [0.2, 0.25) is 0 Å². The van der Waals surface area contributed by atoms with Gasteiger partial charge in [0, 0.05) is 5.92 Å². The van der Waals surface area contributed by atoms with Gasteiger partial charge in [0.15, 0.2) is 0 Å². The van der Waals surface area contributed by atoms with E-state index in [1.807, 2.05) is 0 Å². The van der Waals surface area contributed by atoms with Crippen molar-refractivity contribution < 1.29 is 0 Å². The second-order valence-electron chi connectivity index (χ2n) is 2.60. The van der Waals surface area contributed by atoms with E-state index in [1.165, 1.54) is 17.0 Å². The Kier molecular flexibility index (Phi) is 2.94. The van der Waals surface area contributed by atoms with E-state index in [-0.39, 0.29) is 29.6 Å². The predicted molar refractivity (Wildman–Crippen MR) is 50.6 cm³/mol. The van der Waals surface area contributed by atoms with Crippen LogP contribution in [0.5, 0.6) is 0 Å². The SMILES string of the molecule is C[C]1C=Cc2ccccc21.[NaH]. The average molecular weight is 153 g/mol. The number of rotatable bonds is 0. The van der Waals surface area contributed by atoms with Crippen LogP contribution in [0.3, 0.4) is 0 Å². The fourth-order valence-corrected chi connectivity index (χ4v) is 1.31. The van der Waals surface area contributed by atoms with E-state index in [2.05, 4.69) is 43.3 Å². The molecule has 0 N–H and O–H groups in total. The third-order valence-electron chi connectivity index (χ3n) is 1.90. The zero-order valence-electron chi connectivity index (χ0n) is 5.96. The first-order chi connectivity index (χ1) is 4.88. The minimum absolute atomic E-state index is 0. The van der Waals surface area contributed by atoms with Crippen molar-refractivity contribution in [2.45, 2.75) is 6.92 Å². The van der Waals surface area contributed by atoms with E-state index in [9.17, 15) is 0 Å². The van der Waals surface area contributed by atoms with E-state index in [4.69, 9.17) is 0 Å². The summed E-state index contributed by atoms with van der Waals surface area (Å²) in [5, 5.41) is 0. The predicted octanol–water partition coefficient (Wildman–Crippen LogP) is 2.01. The second kappa shape index (κ2) is 3.57. The number of fused-ring (bicyclic) bond motifs is 1. The molecule has 1 radical (unpaired) electrons. The van der Waals surface area contributed by atoms with Crippen LogP contribution in [0.1, 0.15) is 18.1 Å². The Morgan fingerprint density at radius 2 is 1.73 bits per heavy atom. The summed E-state index contributed by atoms with van der Waals surface area (Å²) in [6.07, 6.45) is 4.31. The summed E-state index contributed by atoms with van der Waals surface area (Å²) in [5.74, 6) is 1.37. The van der Waals surface area contributed by atoms with Crippen molar-refractivity contribution in [1.29, 1.82) is 0 Å². The Balaban J connectivity index is 0.000000605. The summed E-state index contributed by atoms with van der Waals surface area (Å²) in [6.45, 7) is 2.14. The third kappa shape index (κ3) is 1.58. The minimum atomic E-state index is 0. The first kappa shape index (κ1) is 9.05. The molecule has 0 spiro atoms. The van der Waals surface area contributed by atoms with Crippen LogP contribution >= 0.6 is 0 Å². The van der Waals surface area contributed by atoms with Gasteiger partial charge in [0.1, 0.15) is 0 Å². The molecule has 11 heavy (non-hydrogen) atoms. The maximum absolute atomic E-state index is 2.16. The maximum atomic E-state index is 2.16. The van der Waals surface area contributed by atoms with Crippen LogP contribution in [-0.2, 0) is 0 Å². The molecule has 1 aromatic rings. The quantitative estimate of drug-likeness (QED) is 0.500. The molecule has 1 aliphatic carbocycles. The monoisotopic (exact) mass is 153 g/mol. The zero-order valence-corrected chi connectivity index (χ0v) is 5.96. The van der Waals surface area contributed by atoms with E-state index < -0.39 is 0 Å². The van der Waals surface area contributed by atoms with Crippen LogP contribution in [0.4, 0.5) is 0 Å². The van der Waals surface area contributed by atoms with Gasteiger partial charge in [-0.15, -0.1) is 0 Å². The van der Waals surface area contributed by atoms with Crippen molar-refractivity contribution in [3.8, 4) is 0 Å². The van der Waals surface area contributed by atoms with E-state index in [1.54, 1.807) is 0 Å². The number of hydrogen-bond acceptors (Lipinski definition) is 0. The molecule has 1 aliphatic rings. The molecule has 0 aromatic heterocycles. The molecule has 0 unspecified atom stereocenters. The van der Waals surface area contributed by atoms with Crippen molar-refractivity contribution in [2.24, 2.45) is 0 Å². The van der Waals surface area contributed by atoms with Gasteiger partial charge in [0.2, 0.25) is 0 Å². The third-order valence-corrected chi connectivity index (χ3v) is 1.90. The van der Waals surface area contributed by atoms with Gasteiger partial charge in [-0.3, -0.25) is 0 Å². The molecular weight excluding hydrogens is 143 g/mol. The molecule has 2 rings (SSSR count). The normalized spacial score (nSPS) is 14.3. The Morgan fingerprint density at radius 3 is 2.45 bits per heavy atom. The molecule has 0 saturated carbocycles. The molecule has 0 bridgehead atoms. The summed E-state index contributed by atoms with van der Waals surface area (Å²) in [4.78, 5) is 0. The molecule has 0 aliphatic heterocycles. The van der Waals surface area contributed by atoms with Crippen LogP contribution in [0, 0.1) is 5.92 Å². The van der Waals surface area contributed by atoms with Gasteiger partial charge in [-0.2, -0.15) is 0 Å². The van der Waals surface area contributed by atoms with Gasteiger partial charge in [0.05, 0.1) is 0 Å². The molecule has 0 fully saturated rings. The summed E-state index contributed by atoms with van der Waals surface area (Å²) in [5.41, 5.74) is 2.72. The fraction of sp³-hybridized carbons (Fsp3) is 0.100. The standard InChI is InChI=1S/C10H9.Na.H/c1-8-6-7-9-4-2-3-5-10(8)9;;/h2-7H,1H3;;. The number of allylic oxidation sites excluding steroid dienone is 1. The van der Waals surface area contributed by atoms with Gasteiger partial charge in [-0.1, -0.05) is 43.3 Å². The van der Waals surface area contributed by atoms with Crippen LogP contribution in [0.15, 0.2) is 30.3 Å². The average Bonchev–Trinajstić information content (AvgIpc) is 2.34. The Hall–Kier alpha value is -0.0400. The van der Waals surface area contributed by atoms with Gasteiger partial charge in [-0.25, -0.2) is 0 Å². The van der Waals surface area contributed by atoms with Gasteiger partial charge < -0.3 is 0 Å². The molecule has 0 atom stereocenters. The number of hydrogen-bond donors (Lipinski definition) is 0. The van der Waals surface area contributed by atoms with Crippen molar-refractivity contribution in [2.75, 3.05) is 0 Å². The van der Waals surface area contributed by atoms with Gasteiger partial charge in [0.25, 0.3) is 0 Å². The van der Waals surface area contributed by atoms with Crippen molar-refractivity contribution in [3.63, 3.8) is 0 Å². The van der Waals surface area contributed by atoms with E-state index in [0.29, 0.717) is 0 Å². The summed E-state index contributed by atoms with van der Waals surface area (Å²) in [6, 6.07) is 8.45. The summed E-state index contributed by atoms with van der Waals surface area (Å²) < 4.78 is 0. The summed E-state index contributed by atoms with van der Waals surface area (Å²) in [7, 11) is 0. The Labute approximate surface area is 89.6 Å². The molecule has 1 aromatic carbocycles. The molecule has 0 saturated heterocycles. The zero-order chi connectivity index (χ0) is 6.97. The molecule has 0 amide bonds. The summed E-state index contributed by atoms with van der Waals surface area (Å²) >= 11 is 0. The number of benzene rings is 1. The van der Waals surface area contributed by atoms with E-state index >= 15 is 0 Å². The van der Waals surface area contributed by atoms with E-state index in [0.717, 1.165) is 0 Å². The van der Waals surface area contributed by atoms with Crippen LogP contribution < -0.4 is 0 Å². The first-order valence-electron chi connectivity index (χ1n) is 3.49. The topological polar surface area (TPSA) is 0 Å².